The van der Waals surface area contributed by atoms with E-state index in [1.54, 1.807) is 0 Å². The van der Waals surface area contributed by atoms with E-state index in [1.165, 1.54) is 10.5 Å². The number of hydrogen-bond donors (Lipinski definition) is 0. The molecule has 4 nitrogen and oxygen atoms in total. The van der Waals surface area contributed by atoms with Crippen LogP contribution in [-0.2, 0) is 21.4 Å². The van der Waals surface area contributed by atoms with Crippen LogP contribution in [0.25, 0.3) is 0 Å². The molecule has 0 unspecified atom stereocenters. The van der Waals surface area contributed by atoms with Crippen molar-refractivity contribution in [2.24, 2.45) is 0 Å². The maximum Gasteiger partial charge on any atom is 0.240 e. The molecule has 2 amide bonds. The molecule has 0 bridgehead atoms. The molecule has 1 aliphatic heterocycles. The molecular formula is C19H26N2O2. The molecule has 0 aromatic heterocycles. The summed E-state index contributed by atoms with van der Waals surface area (Å²) in [5.74, 6) is 0.0262. The Bertz CT molecular complexity index is 626. The number of amides is 2. The van der Waals surface area contributed by atoms with E-state index >= 15 is 0 Å². The van der Waals surface area contributed by atoms with E-state index < -0.39 is 5.41 Å². The Hall–Kier alpha value is -1.68. The number of imide groups is 1. The summed E-state index contributed by atoms with van der Waals surface area (Å²) < 4.78 is 0. The molecule has 0 radical (unpaired) electrons. The molecule has 1 aliphatic carbocycles. The lowest BCUT2D eigenvalue weighted by Crippen LogP contribution is -2.42. The van der Waals surface area contributed by atoms with Crippen LogP contribution in [0.5, 0.6) is 0 Å². The summed E-state index contributed by atoms with van der Waals surface area (Å²) in [5, 5.41) is 0. The maximum absolute atomic E-state index is 13.1. The lowest BCUT2D eigenvalue weighted by molar-refractivity contribution is -0.140. The Morgan fingerprint density at radius 3 is 2.74 bits per heavy atom. The highest BCUT2D eigenvalue weighted by Gasteiger charge is 2.53. The van der Waals surface area contributed by atoms with Crippen LogP contribution < -0.4 is 0 Å². The summed E-state index contributed by atoms with van der Waals surface area (Å²) in [6, 6.07) is 8.51. The highest BCUT2D eigenvalue weighted by atomic mass is 16.2. The molecule has 3 rings (SSSR count). The number of carbonyl (C=O) groups is 2. The van der Waals surface area contributed by atoms with Gasteiger partial charge in [0.15, 0.2) is 0 Å². The maximum atomic E-state index is 13.1. The van der Waals surface area contributed by atoms with Crippen molar-refractivity contribution in [2.75, 3.05) is 20.6 Å². The molecule has 1 fully saturated rings. The van der Waals surface area contributed by atoms with Crippen LogP contribution in [0.15, 0.2) is 24.3 Å². The molecule has 0 N–H and O–H groups in total. The van der Waals surface area contributed by atoms with E-state index in [-0.39, 0.29) is 11.8 Å². The van der Waals surface area contributed by atoms with Crippen molar-refractivity contribution in [3.8, 4) is 0 Å². The van der Waals surface area contributed by atoms with Crippen molar-refractivity contribution >= 4 is 11.8 Å². The molecule has 0 saturated carbocycles. The molecular weight excluding hydrogens is 288 g/mol. The number of rotatable bonds is 4. The minimum Gasteiger partial charge on any atom is -0.307 e. The predicted octanol–water partition coefficient (Wildman–Crippen LogP) is 2.36. The topological polar surface area (TPSA) is 40.6 Å². The summed E-state index contributed by atoms with van der Waals surface area (Å²) >= 11 is 0. The second-order valence-electron chi connectivity index (χ2n) is 7.22. The minimum absolute atomic E-state index is 0.00217. The average molecular weight is 314 g/mol. The monoisotopic (exact) mass is 314 g/mol. The molecule has 1 aromatic rings. The number of carbonyl (C=O) groups excluding carboxylic acids is 2. The first kappa shape index (κ1) is 16.2. The summed E-state index contributed by atoms with van der Waals surface area (Å²) in [6.45, 7) is 2.65. The Labute approximate surface area is 138 Å². The lowest BCUT2D eigenvalue weighted by Gasteiger charge is -2.33. The normalized spacial score (nSPS) is 25.3. The molecule has 1 spiro atoms. The van der Waals surface area contributed by atoms with Crippen molar-refractivity contribution in [3.05, 3.63) is 35.4 Å². The van der Waals surface area contributed by atoms with Gasteiger partial charge in [-0.05, 0) is 57.8 Å². The van der Waals surface area contributed by atoms with E-state index in [0.29, 0.717) is 19.0 Å². The van der Waals surface area contributed by atoms with E-state index in [1.807, 2.05) is 32.3 Å². The Morgan fingerprint density at radius 2 is 2.00 bits per heavy atom. The van der Waals surface area contributed by atoms with Crippen molar-refractivity contribution in [1.29, 1.82) is 0 Å². The van der Waals surface area contributed by atoms with Crippen LogP contribution >= 0.6 is 0 Å². The first-order valence-corrected chi connectivity index (χ1v) is 8.55. The highest BCUT2D eigenvalue weighted by Crippen LogP contribution is 2.45. The van der Waals surface area contributed by atoms with Crippen molar-refractivity contribution in [2.45, 2.75) is 50.5 Å². The van der Waals surface area contributed by atoms with Crippen LogP contribution in [0.4, 0.5) is 0 Å². The third kappa shape index (κ3) is 2.69. The number of aryl methyl sites for hydroxylation is 1. The Morgan fingerprint density at radius 1 is 1.26 bits per heavy atom. The van der Waals surface area contributed by atoms with Crippen LogP contribution in [0.3, 0.4) is 0 Å². The standard InChI is InChI=1S/C19H26N2O2/c1-14(20(2)3)10-12-21-17(22)13-19(18(21)23)11-6-8-15-7-4-5-9-16(15)19/h4-5,7,9,14H,6,8,10-13H2,1-3H3/t14-,19-/m0/s1. The number of likely N-dealkylation sites (tertiary alicyclic amines) is 1. The minimum atomic E-state index is -0.590. The van der Waals surface area contributed by atoms with Gasteiger partial charge in [0.2, 0.25) is 11.8 Å². The van der Waals surface area contributed by atoms with Crippen molar-refractivity contribution in [3.63, 3.8) is 0 Å². The fourth-order valence-corrected chi connectivity index (χ4v) is 3.93. The zero-order chi connectivity index (χ0) is 16.6. The zero-order valence-electron chi connectivity index (χ0n) is 14.3. The molecule has 23 heavy (non-hydrogen) atoms. The van der Waals surface area contributed by atoms with Gasteiger partial charge in [-0.2, -0.15) is 0 Å². The largest absolute Gasteiger partial charge is 0.307 e. The number of benzene rings is 1. The van der Waals surface area contributed by atoms with Gasteiger partial charge in [-0.3, -0.25) is 14.5 Å². The average Bonchev–Trinajstić information content (AvgIpc) is 2.77. The smallest absolute Gasteiger partial charge is 0.240 e. The highest BCUT2D eigenvalue weighted by molar-refractivity contribution is 6.09. The van der Waals surface area contributed by atoms with E-state index in [2.05, 4.69) is 17.9 Å². The third-order valence-corrected chi connectivity index (χ3v) is 5.64. The van der Waals surface area contributed by atoms with Gasteiger partial charge in [0.1, 0.15) is 0 Å². The predicted molar refractivity (Wildman–Crippen MR) is 90.2 cm³/mol. The summed E-state index contributed by atoms with van der Waals surface area (Å²) in [5.41, 5.74) is 1.74. The second-order valence-corrected chi connectivity index (χ2v) is 7.22. The van der Waals surface area contributed by atoms with Crippen LogP contribution in [0, 0.1) is 0 Å². The number of fused-ring (bicyclic) bond motifs is 2. The molecule has 4 heteroatoms. The molecule has 1 aromatic carbocycles. The molecule has 2 aliphatic rings. The first-order chi connectivity index (χ1) is 11.0. The lowest BCUT2D eigenvalue weighted by atomic mass is 9.69. The van der Waals surface area contributed by atoms with Crippen LogP contribution in [0.1, 0.15) is 43.7 Å². The summed E-state index contributed by atoms with van der Waals surface area (Å²) in [4.78, 5) is 29.3. The number of nitrogens with zero attached hydrogens (tertiary/aromatic N) is 2. The molecule has 2 atom stereocenters. The van der Waals surface area contributed by atoms with E-state index in [9.17, 15) is 9.59 Å². The van der Waals surface area contributed by atoms with E-state index in [0.717, 1.165) is 31.2 Å². The summed E-state index contributed by atoms with van der Waals surface area (Å²) in [6.07, 6.45) is 3.96. The van der Waals surface area contributed by atoms with Gasteiger partial charge < -0.3 is 4.90 Å². The number of hydrogen-bond acceptors (Lipinski definition) is 3. The third-order valence-electron chi connectivity index (χ3n) is 5.64. The quantitative estimate of drug-likeness (QED) is 0.801. The van der Waals surface area contributed by atoms with Crippen molar-refractivity contribution in [1.82, 2.24) is 9.80 Å². The van der Waals surface area contributed by atoms with E-state index in [4.69, 9.17) is 0 Å². The van der Waals surface area contributed by atoms with Gasteiger partial charge in [0.25, 0.3) is 0 Å². The molecule has 1 saturated heterocycles. The fraction of sp³-hybridized carbons (Fsp3) is 0.579. The fourth-order valence-electron chi connectivity index (χ4n) is 3.93. The van der Waals surface area contributed by atoms with Gasteiger partial charge in [0, 0.05) is 19.0 Å². The van der Waals surface area contributed by atoms with Gasteiger partial charge in [-0.25, -0.2) is 0 Å². The van der Waals surface area contributed by atoms with Crippen molar-refractivity contribution < 1.29 is 9.59 Å². The van der Waals surface area contributed by atoms with Gasteiger partial charge in [-0.1, -0.05) is 24.3 Å². The second kappa shape index (κ2) is 6.08. The van der Waals surface area contributed by atoms with Gasteiger partial charge >= 0.3 is 0 Å². The molecule has 124 valence electrons. The first-order valence-electron chi connectivity index (χ1n) is 8.55. The van der Waals surface area contributed by atoms with Crippen LogP contribution in [0.2, 0.25) is 0 Å². The Kier molecular flexibility index (Phi) is 4.28. The SMILES string of the molecule is C[C@@H](CCN1C(=O)C[C@]2(CCCc3ccccc32)C1=O)N(C)C. The van der Waals surface area contributed by atoms with Gasteiger partial charge in [-0.15, -0.1) is 0 Å². The Balaban J connectivity index is 1.84. The molecule has 1 heterocycles. The zero-order valence-corrected chi connectivity index (χ0v) is 14.3. The summed E-state index contributed by atoms with van der Waals surface area (Å²) in [7, 11) is 4.05. The van der Waals surface area contributed by atoms with Gasteiger partial charge in [0.05, 0.1) is 5.41 Å². The van der Waals surface area contributed by atoms with Crippen LogP contribution in [-0.4, -0.2) is 48.3 Å².